The molecule has 1 rings (SSSR count). The van der Waals surface area contributed by atoms with Gasteiger partial charge in [0.2, 0.25) is 5.91 Å². The Bertz CT molecular complexity index is 926. The SMILES string of the molecule is CCCCCCCCCCCCCCCCCCCCCCCCCC(=O)N[C@@H](CO[C@H]1O[C@H](CO)[C@H](O)[C@H](O)[C@H]1O)[C@H](O)[C@@H](O)CCCCCCCCCCCCCC. The fourth-order valence-electron chi connectivity index (χ4n) is 8.61. The molecule has 1 aliphatic heterocycles. The van der Waals surface area contributed by atoms with Gasteiger partial charge < -0.3 is 45.4 Å². The third kappa shape index (κ3) is 30.3. The van der Waals surface area contributed by atoms with Gasteiger partial charge in [-0.2, -0.15) is 0 Å². The highest BCUT2D eigenvalue weighted by atomic mass is 16.7. The van der Waals surface area contributed by atoms with Crippen LogP contribution in [0.1, 0.15) is 251 Å². The second kappa shape index (κ2) is 40.9. The van der Waals surface area contributed by atoms with Crippen LogP contribution in [-0.2, 0) is 14.3 Å². The number of aliphatic hydroxyl groups excluding tert-OH is 6. The first kappa shape index (κ1) is 57.2. The lowest BCUT2D eigenvalue weighted by atomic mass is 9.98. The van der Waals surface area contributed by atoms with E-state index < -0.39 is 55.6 Å². The van der Waals surface area contributed by atoms with Crippen molar-refractivity contribution in [1.29, 1.82) is 0 Å². The van der Waals surface area contributed by atoms with Crippen molar-refractivity contribution in [3.63, 3.8) is 0 Å². The van der Waals surface area contributed by atoms with Gasteiger partial charge in [-0.1, -0.05) is 232 Å². The average molecular weight is 858 g/mol. The molecule has 0 aliphatic carbocycles. The highest BCUT2D eigenvalue weighted by Crippen LogP contribution is 2.23. The summed E-state index contributed by atoms with van der Waals surface area (Å²) in [6.45, 7) is 3.63. The van der Waals surface area contributed by atoms with Crippen LogP contribution in [0.25, 0.3) is 0 Å². The number of carbonyl (C=O) groups excluding carboxylic acids is 1. The molecule has 60 heavy (non-hydrogen) atoms. The minimum atomic E-state index is -1.60. The molecule has 0 radical (unpaired) electrons. The summed E-state index contributed by atoms with van der Waals surface area (Å²) in [5, 5.41) is 65.3. The number of rotatable bonds is 44. The minimum absolute atomic E-state index is 0.252. The van der Waals surface area contributed by atoms with E-state index in [1.807, 2.05) is 0 Å². The number of aliphatic hydroxyl groups is 6. The lowest BCUT2D eigenvalue weighted by molar-refractivity contribution is -0.303. The van der Waals surface area contributed by atoms with E-state index in [1.54, 1.807) is 0 Å². The van der Waals surface area contributed by atoms with Crippen LogP contribution < -0.4 is 5.32 Å². The van der Waals surface area contributed by atoms with Gasteiger partial charge in [0.15, 0.2) is 6.29 Å². The van der Waals surface area contributed by atoms with Crippen molar-refractivity contribution in [3.05, 3.63) is 0 Å². The fourth-order valence-corrected chi connectivity index (χ4v) is 8.61. The number of hydrogen-bond acceptors (Lipinski definition) is 9. The summed E-state index contributed by atoms with van der Waals surface area (Å²) in [5.41, 5.74) is 0. The zero-order valence-electron chi connectivity index (χ0n) is 39.1. The summed E-state index contributed by atoms with van der Waals surface area (Å²) in [7, 11) is 0. The van der Waals surface area contributed by atoms with Gasteiger partial charge in [-0.3, -0.25) is 4.79 Å². The van der Waals surface area contributed by atoms with Crippen molar-refractivity contribution in [2.75, 3.05) is 13.2 Å². The van der Waals surface area contributed by atoms with Crippen LogP contribution in [0.4, 0.5) is 0 Å². The van der Waals surface area contributed by atoms with Gasteiger partial charge in [0.1, 0.15) is 30.5 Å². The molecule has 0 spiro atoms. The van der Waals surface area contributed by atoms with E-state index in [2.05, 4.69) is 19.2 Å². The Morgan fingerprint density at radius 2 is 0.867 bits per heavy atom. The van der Waals surface area contributed by atoms with Crippen LogP contribution in [0.3, 0.4) is 0 Å². The van der Waals surface area contributed by atoms with Gasteiger partial charge in [-0.05, 0) is 12.8 Å². The van der Waals surface area contributed by atoms with Crippen molar-refractivity contribution in [2.24, 2.45) is 0 Å². The van der Waals surface area contributed by atoms with E-state index in [-0.39, 0.29) is 18.9 Å². The first-order valence-corrected chi connectivity index (χ1v) is 25.8. The van der Waals surface area contributed by atoms with Gasteiger partial charge in [0.05, 0.1) is 25.4 Å². The molecule has 7 N–H and O–H groups in total. The normalized spacial score (nSPS) is 21.0. The number of amides is 1. The lowest BCUT2D eigenvalue weighted by Crippen LogP contribution is -2.60. The van der Waals surface area contributed by atoms with Crippen molar-refractivity contribution < 1.29 is 44.9 Å². The van der Waals surface area contributed by atoms with Crippen LogP contribution in [0, 0.1) is 0 Å². The van der Waals surface area contributed by atoms with E-state index in [0.717, 1.165) is 38.5 Å². The largest absolute Gasteiger partial charge is 0.394 e. The molecule has 0 bridgehead atoms. The van der Waals surface area contributed by atoms with Crippen LogP contribution >= 0.6 is 0 Å². The predicted octanol–water partition coefficient (Wildman–Crippen LogP) is 10.5. The zero-order valence-corrected chi connectivity index (χ0v) is 39.1. The maximum absolute atomic E-state index is 13.0. The Morgan fingerprint density at radius 1 is 0.517 bits per heavy atom. The lowest BCUT2D eigenvalue weighted by Gasteiger charge is -2.40. The Hall–Kier alpha value is -0.850. The fraction of sp³-hybridized carbons (Fsp3) is 0.980. The summed E-state index contributed by atoms with van der Waals surface area (Å²) < 4.78 is 11.2. The Morgan fingerprint density at radius 3 is 1.23 bits per heavy atom. The van der Waals surface area contributed by atoms with Crippen molar-refractivity contribution >= 4 is 5.91 Å². The standard InChI is InChI=1S/C50H99NO9/c1-3-5-7-9-11-13-15-17-18-19-20-21-22-23-24-25-26-27-29-31-33-35-37-39-45(54)51-42(41-59-50-49(58)48(57)47(56)44(40-52)60-50)46(55)43(53)38-36-34-32-30-28-16-14-12-10-8-6-4-2/h42-44,46-50,52-53,55-58H,3-41H2,1-2H3,(H,51,54)/t42-,43-,44+,46-,47-,48-,49+,50-/m0/s1. The smallest absolute Gasteiger partial charge is 0.220 e. The van der Waals surface area contributed by atoms with Crippen LogP contribution in [0.5, 0.6) is 0 Å². The monoisotopic (exact) mass is 858 g/mol. The molecule has 1 amide bonds. The average Bonchev–Trinajstić information content (AvgIpc) is 3.25. The Labute approximate surface area is 368 Å². The molecule has 1 saturated heterocycles. The molecule has 0 aromatic carbocycles. The van der Waals surface area contributed by atoms with E-state index in [0.29, 0.717) is 6.42 Å². The van der Waals surface area contributed by atoms with Gasteiger partial charge in [-0.25, -0.2) is 0 Å². The second-order valence-electron chi connectivity index (χ2n) is 18.5. The Balaban J connectivity index is 2.26. The molecule has 358 valence electrons. The molecule has 1 heterocycles. The Kier molecular flexibility index (Phi) is 39.0. The van der Waals surface area contributed by atoms with Gasteiger partial charge in [0.25, 0.3) is 0 Å². The van der Waals surface area contributed by atoms with Gasteiger partial charge in [-0.15, -0.1) is 0 Å². The molecule has 8 atom stereocenters. The van der Waals surface area contributed by atoms with Gasteiger partial charge >= 0.3 is 0 Å². The van der Waals surface area contributed by atoms with E-state index in [4.69, 9.17) is 9.47 Å². The van der Waals surface area contributed by atoms with E-state index in [1.165, 1.54) is 186 Å². The third-order valence-electron chi connectivity index (χ3n) is 12.8. The highest BCUT2D eigenvalue weighted by molar-refractivity contribution is 5.76. The number of unbranched alkanes of at least 4 members (excludes halogenated alkanes) is 33. The molecule has 1 aliphatic rings. The molecule has 0 aromatic rings. The second-order valence-corrected chi connectivity index (χ2v) is 18.5. The first-order valence-electron chi connectivity index (χ1n) is 25.8. The number of nitrogens with one attached hydrogen (secondary N) is 1. The summed E-state index contributed by atoms with van der Waals surface area (Å²) in [6.07, 6.45) is 35.5. The van der Waals surface area contributed by atoms with Crippen molar-refractivity contribution in [2.45, 2.75) is 300 Å². The third-order valence-corrected chi connectivity index (χ3v) is 12.8. The highest BCUT2D eigenvalue weighted by Gasteiger charge is 2.44. The maximum atomic E-state index is 13.0. The molecule has 0 unspecified atom stereocenters. The topological polar surface area (TPSA) is 169 Å². The molecule has 0 aromatic heterocycles. The van der Waals surface area contributed by atoms with Crippen LogP contribution in [0.2, 0.25) is 0 Å². The summed E-state index contributed by atoms with van der Waals surface area (Å²) in [4.78, 5) is 13.0. The van der Waals surface area contributed by atoms with E-state index >= 15 is 0 Å². The molecule has 10 heteroatoms. The molecular formula is C50H99NO9. The molecule has 0 saturated carbocycles. The zero-order chi connectivity index (χ0) is 43.9. The first-order chi connectivity index (χ1) is 29.3. The van der Waals surface area contributed by atoms with Crippen LogP contribution in [0.15, 0.2) is 0 Å². The number of carbonyl (C=O) groups is 1. The predicted molar refractivity (Wildman–Crippen MR) is 246 cm³/mol. The molecule has 1 fully saturated rings. The molecule has 10 nitrogen and oxygen atoms in total. The number of ether oxygens (including phenoxy) is 2. The summed E-state index contributed by atoms with van der Waals surface area (Å²) in [5.74, 6) is -0.252. The molecular weight excluding hydrogens is 759 g/mol. The minimum Gasteiger partial charge on any atom is -0.394 e. The van der Waals surface area contributed by atoms with E-state index in [9.17, 15) is 35.4 Å². The van der Waals surface area contributed by atoms with Crippen molar-refractivity contribution in [3.8, 4) is 0 Å². The maximum Gasteiger partial charge on any atom is 0.220 e. The van der Waals surface area contributed by atoms with Crippen LogP contribution in [-0.4, -0.2) is 98.7 Å². The summed E-state index contributed by atoms with van der Waals surface area (Å²) in [6, 6.07) is -0.985. The number of hydrogen-bond donors (Lipinski definition) is 7. The summed E-state index contributed by atoms with van der Waals surface area (Å²) >= 11 is 0. The quantitative estimate of drug-likeness (QED) is 0.0295. The van der Waals surface area contributed by atoms with Gasteiger partial charge in [0, 0.05) is 6.42 Å². The van der Waals surface area contributed by atoms with Crippen molar-refractivity contribution in [1.82, 2.24) is 5.32 Å².